The second kappa shape index (κ2) is 5.40. The van der Waals surface area contributed by atoms with Crippen molar-refractivity contribution in [1.82, 2.24) is 0 Å². The fourth-order valence-electron chi connectivity index (χ4n) is 1.81. The lowest BCUT2D eigenvalue weighted by Gasteiger charge is -2.21. The number of furan rings is 1. The molecular formula is C14H16N2O2. The molecule has 0 atom stereocenters. The van der Waals surface area contributed by atoms with Crippen molar-refractivity contribution in [3.05, 3.63) is 48.4 Å². The summed E-state index contributed by atoms with van der Waals surface area (Å²) < 4.78 is 4.95. The molecule has 0 saturated heterocycles. The molecule has 18 heavy (non-hydrogen) atoms. The Kier molecular flexibility index (Phi) is 3.67. The van der Waals surface area contributed by atoms with Crippen LogP contribution in [0.5, 0.6) is 0 Å². The van der Waals surface area contributed by atoms with E-state index in [4.69, 9.17) is 10.2 Å². The Labute approximate surface area is 106 Å². The summed E-state index contributed by atoms with van der Waals surface area (Å²) in [6.45, 7) is 2.68. The van der Waals surface area contributed by atoms with Gasteiger partial charge in [0.25, 0.3) is 5.91 Å². The van der Waals surface area contributed by atoms with Crippen LogP contribution in [0.4, 0.5) is 11.4 Å². The summed E-state index contributed by atoms with van der Waals surface area (Å²) >= 11 is 0. The zero-order valence-electron chi connectivity index (χ0n) is 10.3. The van der Waals surface area contributed by atoms with Crippen molar-refractivity contribution in [2.24, 2.45) is 0 Å². The summed E-state index contributed by atoms with van der Waals surface area (Å²) in [6.07, 6.45) is 3.83. The largest absolute Gasteiger partial charge is 0.472 e. The molecular weight excluding hydrogens is 228 g/mol. The SMILES string of the molecule is CCCN(C(=O)c1ccoc1)c1cccc(N)c1. The molecule has 0 fully saturated rings. The number of nitrogens with two attached hydrogens (primary N) is 1. The van der Waals surface area contributed by atoms with Crippen LogP contribution >= 0.6 is 0 Å². The lowest BCUT2D eigenvalue weighted by molar-refractivity contribution is 0.0986. The average molecular weight is 244 g/mol. The Hall–Kier alpha value is -2.23. The number of hydrogen-bond acceptors (Lipinski definition) is 3. The second-order valence-electron chi connectivity index (χ2n) is 4.06. The molecule has 2 N–H and O–H groups in total. The van der Waals surface area contributed by atoms with Gasteiger partial charge in [0.2, 0.25) is 0 Å². The number of rotatable bonds is 4. The van der Waals surface area contributed by atoms with Gasteiger partial charge >= 0.3 is 0 Å². The first-order chi connectivity index (χ1) is 8.72. The standard InChI is InChI=1S/C14H16N2O2/c1-2-7-16(13-5-3-4-12(15)9-13)14(17)11-6-8-18-10-11/h3-6,8-10H,2,7,15H2,1H3. The topological polar surface area (TPSA) is 59.5 Å². The Bertz CT molecular complexity index is 520. The molecule has 4 heteroatoms. The number of benzene rings is 1. The number of carbonyl (C=O) groups excluding carboxylic acids is 1. The van der Waals surface area contributed by atoms with Crippen LogP contribution in [-0.4, -0.2) is 12.5 Å². The highest BCUT2D eigenvalue weighted by Gasteiger charge is 2.17. The summed E-state index contributed by atoms with van der Waals surface area (Å²) in [5.74, 6) is -0.0730. The van der Waals surface area contributed by atoms with Crippen molar-refractivity contribution in [3.63, 3.8) is 0 Å². The number of anilines is 2. The van der Waals surface area contributed by atoms with E-state index in [1.807, 2.05) is 19.1 Å². The Morgan fingerprint density at radius 1 is 1.39 bits per heavy atom. The van der Waals surface area contributed by atoms with E-state index in [-0.39, 0.29) is 5.91 Å². The molecule has 0 spiro atoms. The normalized spacial score (nSPS) is 10.3. The van der Waals surface area contributed by atoms with Crippen LogP contribution in [0, 0.1) is 0 Å². The third kappa shape index (κ3) is 2.53. The van der Waals surface area contributed by atoms with Gasteiger partial charge in [0.15, 0.2) is 0 Å². The molecule has 0 bridgehead atoms. The molecule has 1 aromatic heterocycles. The number of nitrogen functional groups attached to an aromatic ring is 1. The Morgan fingerprint density at radius 3 is 2.83 bits per heavy atom. The van der Waals surface area contributed by atoms with Gasteiger partial charge in [-0.2, -0.15) is 0 Å². The number of hydrogen-bond donors (Lipinski definition) is 1. The Morgan fingerprint density at radius 2 is 2.22 bits per heavy atom. The van der Waals surface area contributed by atoms with Crippen molar-refractivity contribution < 1.29 is 9.21 Å². The van der Waals surface area contributed by atoms with Gasteiger partial charge in [0.1, 0.15) is 6.26 Å². The van der Waals surface area contributed by atoms with Gasteiger partial charge in [0, 0.05) is 17.9 Å². The van der Waals surface area contributed by atoms with Gasteiger partial charge in [-0.3, -0.25) is 4.79 Å². The van der Waals surface area contributed by atoms with E-state index in [0.717, 1.165) is 12.1 Å². The lowest BCUT2D eigenvalue weighted by Crippen LogP contribution is -2.31. The van der Waals surface area contributed by atoms with Gasteiger partial charge in [-0.15, -0.1) is 0 Å². The molecule has 2 aromatic rings. The molecule has 0 aliphatic carbocycles. The number of nitrogens with zero attached hydrogens (tertiary/aromatic N) is 1. The van der Waals surface area contributed by atoms with E-state index in [2.05, 4.69) is 0 Å². The van der Waals surface area contributed by atoms with E-state index in [9.17, 15) is 4.79 Å². The highest BCUT2D eigenvalue weighted by molar-refractivity contribution is 6.06. The smallest absolute Gasteiger partial charge is 0.261 e. The highest BCUT2D eigenvalue weighted by Crippen LogP contribution is 2.20. The van der Waals surface area contributed by atoms with Crippen LogP contribution in [-0.2, 0) is 0 Å². The average Bonchev–Trinajstić information content (AvgIpc) is 2.89. The van der Waals surface area contributed by atoms with Crippen LogP contribution in [0.3, 0.4) is 0 Å². The van der Waals surface area contributed by atoms with E-state index in [1.165, 1.54) is 12.5 Å². The van der Waals surface area contributed by atoms with Crippen LogP contribution in [0.25, 0.3) is 0 Å². The maximum absolute atomic E-state index is 12.3. The second-order valence-corrected chi connectivity index (χ2v) is 4.06. The van der Waals surface area contributed by atoms with Crippen LogP contribution in [0.1, 0.15) is 23.7 Å². The van der Waals surface area contributed by atoms with Crippen LogP contribution in [0.15, 0.2) is 47.3 Å². The van der Waals surface area contributed by atoms with Gasteiger partial charge in [-0.25, -0.2) is 0 Å². The van der Waals surface area contributed by atoms with Crippen LogP contribution < -0.4 is 10.6 Å². The van der Waals surface area contributed by atoms with Crippen molar-refractivity contribution in [3.8, 4) is 0 Å². The molecule has 0 aliphatic rings. The minimum Gasteiger partial charge on any atom is -0.472 e. The van der Waals surface area contributed by atoms with Crippen LogP contribution in [0.2, 0.25) is 0 Å². The fraction of sp³-hybridized carbons (Fsp3) is 0.214. The van der Waals surface area contributed by atoms with E-state index in [1.54, 1.807) is 23.1 Å². The minimum absolute atomic E-state index is 0.0730. The summed E-state index contributed by atoms with van der Waals surface area (Å²) in [7, 11) is 0. The molecule has 94 valence electrons. The van der Waals surface area contributed by atoms with Gasteiger partial charge in [-0.05, 0) is 30.7 Å². The quantitative estimate of drug-likeness (QED) is 0.841. The summed E-state index contributed by atoms with van der Waals surface area (Å²) in [6, 6.07) is 8.99. The molecule has 4 nitrogen and oxygen atoms in total. The van der Waals surface area contributed by atoms with Crippen molar-refractivity contribution in [2.45, 2.75) is 13.3 Å². The molecule has 1 amide bonds. The third-order valence-electron chi connectivity index (χ3n) is 2.64. The van der Waals surface area contributed by atoms with Crippen molar-refractivity contribution >= 4 is 17.3 Å². The molecule has 0 unspecified atom stereocenters. The van der Waals surface area contributed by atoms with Gasteiger partial charge < -0.3 is 15.1 Å². The van der Waals surface area contributed by atoms with Gasteiger partial charge in [0.05, 0.1) is 11.8 Å². The molecule has 0 aliphatic heterocycles. The predicted molar refractivity (Wildman–Crippen MR) is 71.5 cm³/mol. The molecule has 0 saturated carbocycles. The van der Waals surface area contributed by atoms with E-state index < -0.39 is 0 Å². The Balaban J connectivity index is 2.31. The molecule has 1 aromatic carbocycles. The first kappa shape index (κ1) is 12.2. The van der Waals surface area contributed by atoms with Crippen molar-refractivity contribution in [2.75, 3.05) is 17.2 Å². The minimum atomic E-state index is -0.0730. The molecule has 0 radical (unpaired) electrons. The van der Waals surface area contributed by atoms with E-state index in [0.29, 0.717) is 17.8 Å². The summed E-state index contributed by atoms with van der Waals surface area (Å²) in [5, 5.41) is 0. The maximum Gasteiger partial charge on any atom is 0.261 e. The maximum atomic E-state index is 12.3. The number of carbonyl (C=O) groups is 1. The first-order valence-corrected chi connectivity index (χ1v) is 5.92. The molecule has 2 rings (SSSR count). The van der Waals surface area contributed by atoms with Gasteiger partial charge in [-0.1, -0.05) is 13.0 Å². The fourth-order valence-corrected chi connectivity index (χ4v) is 1.81. The zero-order valence-corrected chi connectivity index (χ0v) is 10.3. The molecule has 1 heterocycles. The first-order valence-electron chi connectivity index (χ1n) is 5.92. The summed E-state index contributed by atoms with van der Waals surface area (Å²) in [5.41, 5.74) is 7.76. The highest BCUT2D eigenvalue weighted by atomic mass is 16.3. The lowest BCUT2D eigenvalue weighted by atomic mass is 10.2. The monoisotopic (exact) mass is 244 g/mol. The number of amides is 1. The summed E-state index contributed by atoms with van der Waals surface area (Å²) in [4.78, 5) is 14.0. The zero-order chi connectivity index (χ0) is 13.0. The third-order valence-corrected chi connectivity index (χ3v) is 2.64. The predicted octanol–water partition coefficient (Wildman–Crippen LogP) is 2.92. The van der Waals surface area contributed by atoms with Crippen molar-refractivity contribution in [1.29, 1.82) is 0 Å². The van der Waals surface area contributed by atoms with E-state index >= 15 is 0 Å².